The van der Waals surface area contributed by atoms with E-state index in [4.69, 9.17) is 16.7 Å². The maximum absolute atomic E-state index is 10.9. The molecule has 0 saturated heterocycles. The zero-order valence-corrected chi connectivity index (χ0v) is 11.6. The van der Waals surface area contributed by atoms with Crippen molar-refractivity contribution < 1.29 is 14.8 Å². The van der Waals surface area contributed by atoms with Gasteiger partial charge < -0.3 is 10.4 Å². The van der Waals surface area contributed by atoms with Crippen LogP contribution in [0.2, 0.25) is 4.34 Å². The molecular weight excluding hydrogens is 304 g/mol. The molecule has 1 heterocycles. The third kappa shape index (κ3) is 3.25. The zero-order valence-electron chi connectivity index (χ0n) is 10.00. The lowest BCUT2D eigenvalue weighted by Crippen LogP contribution is -2.04. The molecule has 2 N–H and O–H groups in total. The fraction of sp³-hybridized carbons (Fsp3) is 0.0833. The topological polar surface area (TPSA) is 92.5 Å². The van der Waals surface area contributed by atoms with Crippen LogP contribution in [0.25, 0.3) is 0 Å². The van der Waals surface area contributed by atoms with Crippen molar-refractivity contribution >= 4 is 40.3 Å². The number of rotatable bonds is 5. The van der Waals surface area contributed by atoms with E-state index in [0.29, 0.717) is 16.6 Å². The van der Waals surface area contributed by atoms with Crippen LogP contribution in [0, 0.1) is 10.1 Å². The molecule has 20 heavy (non-hydrogen) atoms. The van der Waals surface area contributed by atoms with Gasteiger partial charge >= 0.3 is 5.97 Å². The summed E-state index contributed by atoms with van der Waals surface area (Å²) in [7, 11) is 0. The molecule has 0 spiro atoms. The summed E-state index contributed by atoms with van der Waals surface area (Å²) >= 11 is 7.20. The number of anilines is 1. The van der Waals surface area contributed by atoms with Crippen molar-refractivity contribution in [2.24, 2.45) is 0 Å². The van der Waals surface area contributed by atoms with Gasteiger partial charge in [0.15, 0.2) is 0 Å². The van der Waals surface area contributed by atoms with Gasteiger partial charge in [0.05, 0.1) is 9.26 Å². The van der Waals surface area contributed by atoms with Gasteiger partial charge in [-0.1, -0.05) is 11.6 Å². The molecule has 2 aromatic rings. The first-order valence-corrected chi connectivity index (χ1v) is 6.66. The van der Waals surface area contributed by atoms with E-state index in [1.54, 1.807) is 6.07 Å². The van der Waals surface area contributed by atoms with Gasteiger partial charge in [0.1, 0.15) is 5.56 Å². The lowest BCUT2D eigenvalue weighted by Gasteiger charge is -2.06. The van der Waals surface area contributed by atoms with Gasteiger partial charge in [-0.3, -0.25) is 10.1 Å². The van der Waals surface area contributed by atoms with Crippen LogP contribution in [0.15, 0.2) is 30.3 Å². The molecule has 104 valence electrons. The average molecular weight is 313 g/mol. The second-order valence-electron chi connectivity index (χ2n) is 3.85. The maximum atomic E-state index is 10.9. The van der Waals surface area contributed by atoms with Crippen LogP contribution in [-0.4, -0.2) is 16.0 Å². The standard InChI is InChI=1S/C12H9ClN2O4S/c13-11-4-2-8(20-11)6-14-7-1-3-9(12(16)17)10(5-7)15(18)19/h1-5,14H,6H2,(H,16,17). The summed E-state index contributed by atoms with van der Waals surface area (Å²) < 4.78 is 0.661. The molecule has 2 rings (SSSR count). The summed E-state index contributed by atoms with van der Waals surface area (Å²) in [6, 6.07) is 7.52. The number of carboxylic acid groups (broad SMARTS) is 1. The summed E-state index contributed by atoms with van der Waals surface area (Å²) in [6.07, 6.45) is 0. The van der Waals surface area contributed by atoms with Crippen LogP contribution in [0.5, 0.6) is 0 Å². The number of benzene rings is 1. The van der Waals surface area contributed by atoms with Crippen LogP contribution in [-0.2, 0) is 6.54 Å². The van der Waals surface area contributed by atoms with Crippen LogP contribution < -0.4 is 5.32 Å². The normalized spacial score (nSPS) is 10.2. The summed E-state index contributed by atoms with van der Waals surface area (Å²) in [5.41, 5.74) is -0.294. The lowest BCUT2D eigenvalue weighted by molar-refractivity contribution is -0.385. The fourth-order valence-electron chi connectivity index (χ4n) is 1.61. The summed E-state index contributed by atoms with van der Waals surface area (Å²) in [5.74, 6) is -1.33. The molecule has 0 bridgehead atoms. The number of carboxylic acids is 1. The predicted molar refractivity (Wildman–Crippen MR) is 76.7 cm³/mol. The summed E-state index contributed by atoms with van der Waals surface area (Å²) in [6.45, 7) is 0.459. The highest BCUT2D eigenvalue weighted by molar-refractivity contribution is 7.16. The average Bonchev–Trinajstić information content (AvgIpc) is 2.81. The van der Waals surface area contributed by atoms with E-state index < -0.39 is 16.6 Å². The van der Waals surface area contributed by atoms with Gasteiger partial charge in [-0.15, -0.1) is 11.3 Å². The number of halogens is 1. The fourth-order valence-corrected chi connectivity index (χ4v) is 2.64. The minimum absolute atomic E-state index is 0.334. The molecular formula is C12H9ClN2O4S. The number of nitrogens with zero attached hydrogens (tertiary/aromatic N) is 1. The van der Waals surface area contributed by atoms with Crippen molar-refractivity contribution in [1.82, 2.24) is 0 Å². The molecule has 0 aliphatic heterocycles. The Hall–Kier alpha value is -2.12. The number of nitrogens with one attached hydrogen (secondary N) is 1. The lowest BCUT2D eigenvalue weighted by atomic mass is 10.1. The maximum Gasteiger partial charge on any atom is 0.342 e. The Morgan fingerprint density at radius 1 is 1.40 bits per heavy atom. The van der Waals surface area contributed by atoms with Crippen molar-refractivity contribution in [1.29, 1.82) is 0 Å². The number of thiophene rings is 1. The van der Waals surface area contributed by atoms with E-state index in [2.05, 4.69) is 5.32 Å². The quantitative estimate of drug-likeness (QED) is 0.649. The monoisotopic (exact) mass is 312 g/mol. The van der Waals surface area contributed by atoms with Crippen molar-refractivity contribution in [3.63, 3.8) is 0 Å². The van der Waals surface area contributed by atoms with Crippen molar-refractivity contribution in [3.8, 4) is 0 Å². The largest absolute Gasteiger partial charge is 0.477 e. The van der Waals surface area contributed by atoms with Gasteiger partial charge in [0.2, 0.25) is 0 Å². The predicted octanol–water partition coefficient (Wildman–Crippen LogP) is 3.62. The van der Waals surface area contributed by atoms with Crippen molar-refractivity contribution in [2.45, 2.75) is 6.54 Å². The Morgan fingerprint density at radius 3 is 2.70 bits per heavy atom. The molecule has 0 aliphatic rings. The van der Waals surface area contributed by atoms with E-state index in [1.165, 1.54) is 29.5 Å². The molecule has 1 aromatic carbocycles. The van der Waals surface area contributed by atoms with E-state index in [-0.39, 0.29) is 5.56 Å². The molecule has 0 unspecified atom stereocenters. The number of nitro benzene ring substituents is 1. The van der Waals surface area contributed by atoms with Gasteiger partial charge in [0.25, 0.3) is 5.69 Å². The van der Waals surface area contributed by atoms with Gasteiger partial charge in [0, 0.05) is 23.2 Å². The first-order valence-electron chi connectivity index (χ1n) is 5.47. The summed E-state index contributed by atoms with van der Waals surface area (Å²) in [5, 5.41) is 22.7. The molecule has 0 saturated carbocycles. The molecule has 1 aromatic heterocycles. The number of carbonyl (C=O) groups is 1. The first kappa shape index (κ1) is 14.3. The Labute approximate surface area is 122 Å². The molecule has 6 nitrogen and oxygen atoms in total. The van der Waals surface area contributed by atoms with E-state index in [9.17, 15) is 14.9 Å². The van der Waals surface area contributed by atoms with Crippen molar-refractivity contribution in [3.05, 3.63) is 55.2 Å². The van der Waals surface area contributed by atoms with Crippen LogP contribution in [0.4, 0.5) is 11.4 Å². The highest BCUT2D eigenvalue weighted by Crippen LogP contribution is 2.25. The SMILES string of the molecule is O=C(O)c1ccc(NCc2ccc(Cl)s2)cc1[N+](=O)[O-]. The molecule has 0 radical (unpaired) electrons. The molecule has 0 aliphatic carbocycles. The second-order valence-corrected chi connectivity index (χ2v) is 5.65. The van der Waals surface area contributed by atoms with Crippen LogP contribution in [0.3, 0.4) is 0 Å². The smallest absolute Gasteiger partial charge is 0.342 e. The molecule has 0 amide bonds. The van der Waals surface area contributed by atoms with Gasteiger partial charge in [-0.25, -0.2) is 4.79 Å². The van der Waals surface area contributed by atoms with E-state index in [1.807, 2.05) is 6.07 Å². The number of nitro groups is 1. The van der Waals surface area contributed by atoms with E-state index >= 15 is 0 Å². The first-order chi connectivity index (χ1) is 9.47. The third-order valence-corrected chi connectivity index (χ3v) is 3.75. The zero-order chi connectivity index (χ0) is 14.7. The Balaban J connectivity index is 2.18. The Morgan fingerprint density at radius 2 is 2.15 bits per heavy atom. The minimum Gasteiger partial charge on any atom is -0.477 e. The van der Waals surface area contributed by atoms with Crippen molar-refractivity contribution in [2.75, 3.05) is 5.32 Å². The number of hydrogen-bond donors (Lipinski definition) is 2. The van der Waals surface area contributed by atoms with E-state index in [0.717, 1.165) is 4.88 Å². The molecule has 0 atom stereocenters. The van der Waals surface area contributed by atoms with Crippen LogP contribution in [0.1, 0.15) is 15.2 Å². The van der Waals surface area contributed by atoms with Crippen LogP contribution >= 0.6 is 22.9 Å². The highest BCUT2D eigenvalue weighted by Gasteiger charge is 2.19. The minimum atomic E-state index is -1.33. The summed E-state index contributed by atoms with van der Waals surface area (Å²) in [4.78, 5) is 22.0. The highest BCUT2D eigenvalue weighted by atomic mass is 35.5. The second kappa shape index (κ2) is 5.89. The Bertz CT molecular complexity index is 671. The molecule has 8 heteroatoms. The third-order valence-electron chi connectivity index (χ3n) is 2.52. The number of hydrogen-bond acceptors (Lipinski definition) is 5. The van der Waals surface area contributed by atoms with Gasteiger partial charge in [-0.05, 0) is 24.3 Å². The molecule has 0 fully saturated rings. The Kier molecular flexibility index (Phi) is 4.21. The number of aromatic carboxylic acids is 1. The van der Waals surface area contributed by atoms with Gasteiger partial charge in [-0.2, -0.15) is 0 Å².